The Morgan fingerprint density at radius 2 is 1.42 bits per heavy atom. The molecule has 4 rings (SSSR count). The summed E-state index contributed by atoms with van der Waals surface area (Å²) in [6.45, 7) is 0. The molecule has 0 aliphatic heterocycles. The van der Waals surface area contributed by atoms with Crippen LogP contribution in [0.25, 0.3) is 5.57 Å². The molecule has 0 radical (unpaired) electrons. The summed E-state index contributed by atoms with van der Waals surface area (Å²) in [4.78, 5) is 13.4. The van der Waals surface area contributed by atoms with Crippen LogP contribution in [0.4, 0.5) is 0 Å². The molecule has 1 nitrogen and oxygen atoms in total. The van der Waals surface area contributed by atoms with Gasteiger partial charge in [0.2, 0.25) is 0 Å². The Balaban J connectivity index is 1.76. The third-order valence-electron chi connectivity index (χ3n) is 5.08. The van der Waals surface area contributed by atoms with Crippen LogP contribution in [0.15, 0.2) is 91.0 Å². The fourth-order valence-electron chi connectivity index (χ4n) is 3.81. The minimum Gasteiger partial charge on any atom is -0.293 e. The summed E-state index contributed by atoms with van der Waals surface area (Å²) >= 11 is 6.06. The molecule has 0 unspecified atom stereocenters. The van der Waals surface area contributed by atoms with Crippen LogP contribution in [0, 0.1) is 5.92 Å². The standard InChI is InChI=1S/C24H19ClO/c25-20-13-11-18(12-14-20)22-16-15-21(17-7-3-1-4-8-17)23(22)24(26)19-9-5-2-6-10-19/h1-15,22-23H,16H2/t22-,23+/m1/s1. The lowest BCUT2D eigenvalue weighted by molar-refractivity contribution is 0.0939. The number of halogens is 1. The van der Waals surface area contributed by atoms with Gasteiger partial charge in [0, 0.05) is 16.5 Å². The monoisotopic (exact) mass is 358 g/mol. The predicted molar refractivity (Wildman–Crippen MR) is 107 cm³/mol. The van der Waals surface area contributed by atoms with Gasteiger partial charge in [0.1, 0.15) is 0 Å². The molecule has 26 heavy (non-hydrogen) atoms. The van der Waals surface area contributed by atoms with Crippen LogP contribution in [0.2, 0.25) is 5.02 Å². The fraction of sp³-hybridized carbons (Fsp3) is 0.125. The zero-order valence-corrected chi connectivity index (χ0v) is 15.1. The van der Waals surface area contributed by atoms with Gasteiger partial charge in [-0.2, -0.15) is 0 Å². The summed E-state index contributed by atoms with van der Waals surface area (Å²) in [5.41, 5.74) is 4.17. The smallest absolute Gasteiger partial charge is 0.170 e. The molecule has 1 aliphatic rings. The van der Waals surface area contributed by atoms with Crippen molar-refractivity contribution in [3.05, 3.63) is 113 Å². The van der Waals surface area contributed by atoms with Gasteiger partial charge in [-0.15, -0.1) is 0 Å². The number of rotatable bonds is 4. The largest absolute Gasteiger partial charge is 0.293 e. The summed E-state index contributed by atoms with van der Waals surface area (Å²) < 4.78 is 0. The molecule has 0 bridgehead atoms. The van der Waals surface area contributed by atoms with E-state index in [1.165, 1.54) is 0 Å². The third-order valence-corrected chi connectivity index (χ3v) is 5.33. The summed E-state index contributed by atoms with van der Waals surface area (Å²) in [5, 5.41) is 0.717. The van der Waals surface area contributed by atoms with Crippen molar-refractivity contribution in [2.75, 3.05) is 0 Å². The van der Waals surface area contributed by atoms with Gasteiger partial charge < -0.3 is 0 Å². The van der Waals surface area contributed by atoms with Crippen molar-refractivity contribution >= 4 is 23.0 Å². The summed E-state index contributed by atoms with van der Waals surface area (Å²) in [5.74, 6) is 0.134. The Morgan fingerprint density at radius 3 is 2.08 bits per heavy atom. The number of allylic oxidation sites excluding steroid dienone is 2. The number of hydrogen-bond donors (Lipinski definition) is 0. The van der Waals surface area contributed by atoms with E-state index < -0.39 is 0 Å². The van der Waals surface area contributed by atoms with Crippen LogP contribution >= 0.6 is 11.6 Å². The molecule has 0 amide bonds. The minimum atomic E-state index is -0.180. The average molecular weight is 359 g/mol. The van der Waals surface area contributed by atoms with Crippen molar-refractivity contribution in [1.82, 2.24) is 0 Å². The van der Waals surface area contributed by atoms with E-state index in [1.807, 2.05) is 72.8 Å². The minimum absolute atomic E-state index is 0.134. The lowest BCUT2D eigenvalue weighted by Gasteiger charge is -2.23. The maximum absolute atomic E-state index is 13.4. The van der Waals surface area contributed by atoms with Crippen molar-refractivity contribution in [3.8, 4) is 0 Å². The topological polar surface area (TPSA) is 17.1 Å². The molecule has 0 saturated heterocycles. The van der Waals surface area contributed by atoms with E-state index in [1.54, 1.807) is 0 Å². The molecule has 2 atom stereocenters. The van der Waals surface area contributed by atoms with E-state index in [2.05, 4.69) is 18.2 Å². The van der Waals surface area contributed by atoms with Gasteiger partial charge in [-0.25, -0.2) is 0 Å². The first-order valence-electron chi connectivity index (χ1n) is 8.84. The Hall–Kier alpha value is -2.64. The molecule has 2 heteroatoms. The highest BCUT2D eigenvalue weighted by atomic mass is 35.5. The molecular formula is C24H19ClO. The van der Waals surface area contributed by atoms with Crippen molar-refractivity contribution in [2.24, 2.45) is 5.92 Å². The number of carbonyl (C=O) groups excluding carboxylic acids is 1. The molecule has 128 valence electrons. The first kappa shape index (κ1) is 16.8. The summed E-state index contributed by atoms with van der Waals surface area (Å²) in [6, 6.07) is 27.7. The Kier molecular flexibility index (Phi) is 4.73. The molecule has 0 saturated carbocycles. The molecule has 0 heterocycles. The second-order valence-corrected chi connectivity index (χ2v) is 7.06. The average Bonchev–Trinajstić information content (AvgIpc) is 3.14. The summed E-state index contributed by atoms with van der Waals surface area (Å²) in [7, 11) is 0. The zero-order chi connectivity index (χ0) is 17.9. The van der Waals surface area contributed by atoms with Gasteiger partial charge >= 0.3 is 0 Å². The SMILES string of the molecule is O=C(c1ccccc1)[C@H]1C(c2ccccc2)=CC[C@@H]1c1ccc(Cl)cc1. The number of hydrogen-bond acceptors (Lipinski definition) is 1. The second kappa shape index (κ2) is 7.31. The Labute approximate surface area is 159 Å². The zero-order valence-electron chi connectivity index (χ0n) is 14.3. The van der Waals surface area contributed by atoms with Crippen molar-refractivity contribution < 1.29 is 4.79 Å². The van der Waals surface area contributed by atoms with Crippen molar-refractivity contribution in [3.63, 3.8) is 0 Å². The van der Waals surface area contributed by atoms with Crippen molar-refractivity contribution in [2.45, 2.75) is 12.3 Å². The Bertz CT molecular complexity index is 927. The molecule has 3 aromatic carbocycles. The van der Waals surface area contributed by atoms with Crippen LogP contribution in [0.1, 0.15) is 33.8 Å². The van der Waals surface area contributed by atoms with E-state index in [0.29, 0.717) is 5.02 Å². The van der Waals surface area contributed by atoms with Crippen LogP contribution < -0.4 is 0 Å². The van der Waals surface area contributed by atoms with Gasteiger partial charge in [0.25, 0.3) is 0 Å². The predicted octanol–water partition coefficient (Wildman–Crippen LogP) is 6.41. The maximum atomic E-state index is 13.4. The highest BCUT2D eigenvalue weighted by Crippen LogP contribution is 2.45. The van der Waals surface area contributed by atoms with Crippen molar-refractivity contribution in [1.29, 1.82) is 0 Å². The first-order valence-corrected chi connectivity index (χ1v) is 9.22. The molecular weight excluding hydrogens is 340 g/mol. The van der Waals surface area contributed by atoms with Crippen LogP contribution in [0.5, 0.6) is 0 Å². The second-order valence-electron chi connectivity index (χ2n) is 6.63. The lowest BCUT2D eigenvalue weighted by Crippen LogP contribution is -2.20. The van der Waals surface area contributed by atoms with Gasteiger partial charge in [-0.05, 0) is 35.3 Å². The molecule has 1 aliphatic carbocycles. The molecule has 0 spiro atoms. The normalized spacial score (nSPS) is 19.2. The molecule has 3 aromatic rings. The number of ketones is 1. The maximum Gasteiger partial charge on any atom is 0.170 e. The van der Waals surface area contributed by atoms with E-state index in [0.717, 1.165) is 28.7 Å². The summed E-state index contributed by atoms with van der Waals surface area (Å²) in [6.07, 6.45) is 3.08. The van der Waals surface area contributed by atoms with E-state index in [9.17, 15) is 4.79 Å². The van der Waals surface area contributed by atoms with Crippen LogP contribution in [-0.4, -0.2) is 5.78 Å². The lowest BCUT2D eigenvalue weighted by atomic mass is 9.79. The van der Waals surface area contributed by atoms with E-state index in [4.69, 9.17) is 11.6 Å². The van der Waals surface area contributed by atoms with Crippen LogP contribution in [0.3, 0.4) is 0 Å². The van der Waals surface area contributed by atoms with Crippen LogP contribution in [-0.2, 0) is 0 Å². The van der Waals surface area contributed by atoms with Gasteiger partial charge in [-0.1, -0.05) is 90.5 Å². The molecule has 0 aromatic heterocycles. The van der Waals surface area contributed by atoms with Gasteiger partial charge in [0.15, 0.2) is 5.78 Å². The number of benzene rings is 3. The Morgan fingerprint density at radius 1 is 0.808 bits per heavy atom. The third kappa shape index (κ3) is 3.23. The number of carbonyl (C=O) groups is 1. The molecule has 0 N–H and O–H groups in total. The highest BCUT2D eigenvalue weighted by Gasteiger charge is 2.37. The molecule has 0 fully saturated rings. The van der Waals surface area contributed by atoms with E-state index in [-0.39, 0.29) is 17.6 Å². The first-order chi connectivity index (χ1) is 12.7. The van der Waals surface area contributed by atoms with E-state index >= 15 is 0 Å². The van der Waals surface area contributed by atoms with Gasteiger partial charge in [0.05, 0.1) is 5.92 Å². The quantitative estimate of drug-likeness (QED) is 0.492. The fourth-order valence-corrected chi connectivity index (χ4v) is 3.93. The highest BCUT2D eigenvalue weighted by molar-refractivity contribution is 6.30. The number of Topliss-reactive ketones (excluding diaryl/α,β-unsaturated/α-hetero) is 1. The van der Waals surface area contributed by atoms with Gasteiger partial charge in [-0.3, -0.25) is 4.79 Å².